The van der Waals surface area contributed by atoms with E-state index in [0.717, 1.165) is 45.2 Å². The standard InChI is InChI=1S/C28H31F3N8O/c1-18(38-8-10-39(11-9-38)27(40)16-28(29,30)31)19-6-7-32-21(12-19)14-25-35-22-5-4-20(13-24(22)36-25)23-15-26(37(2)3)34-17-33-23/h4-7,12-13,15,17-18H,8-11,14,16H2,1-3H3,(H,35,36). The molecule has 40 heavy (non-hydrogen) atoms. The number of nitrogens with zero attached hydrogens (tertiary/aromatic N) is 7. The predicted molar refractivity (Wildman–Crippen MR) is 146 cm³/mol. The molecule has 0 bridgehead atoms. The van der Waals surface area contributed by atoms with Crippen molar-refractivity contribution >= 4 is 22.8 Å². The summed E-state index contributed by atoms with van der Waals surface area (Å²) >= 11 is 0. The third-order valence-corrected chi connectivity index (χ3v) is 7.18. The molecule has 1 saturated heterocycles. The molecule has 4 aromatic rings. The van der Waals surface area contributed by atoms with Crippen LogP contribution in [-0.2, 0) is 11.2 Å². The van der Waals surface area contributed by atoms with Crippen LogP contribution < -0.4 is 4.90 Å². The van der Waals surface area contributed by atoms with Crippen molar-refractivity contribution in [2.75, 3.05) is 45.2 Å². The Kier molecular flexibility index (Phi) is 7.70. The van der Waals surface area contributed by atoms with Gasteiger partial charge in [-0.1, -0.05) is 6.07 Å². The molecule has 1 aliphatic rings. The third kappa shape index (κ3) is 6.39. The number of halogens is 3. The summed E-state index contributed by atoms with van der Waals surface area (Å²) in [4.78, 5) is 38.7. The van der Waals surface area contributed by atoms with Crippen molar-refractivity contribution in [1.82, 2.24) is 34.7 Å². The zero-order chi connectivity index (χ0) is 28.4. The van der Waals surface area contributed by atoms with E-state index < -0.39 is 18.5 Å². The largest absolute Gasteiger partial charge is 0.397 e. The molecule has 0 spiro atoms. The number of H-pyrrole nitrogens is 1. The number of piperazine rings is 1. The second kappa shape index (κ2) is 11.2. The number of pyridine rings is 1. The number of aromatic nitrogens is 5. The molecule has 1 aliphatic heterocycles. The molecule has 210 valence electrons. The Morgan fingerprint density at radius 3 is 2.55 bits per heavy atom. The summed E-state index contributed by atoms with van der Waals surface area (Å²) in [7, 11) is 3.87. The highest BCUT2D eigenvalue weighted by atomic mass is 19.4. The molecule has 0 radical (unpaired) electrons. The fraction of sp³-hybridized carbons (Fsp3) is 0.393. The third-order valence-electron chi connectivity index (χ3n) is 7.18. The lowest BCUT2D eigenvalue weighted by Crippen LogP contribution is -2.50. The number of aromatic amines is 1. The number of amides is 1. The van der Waals surface area contributed by atoms with Gasteiger partial charge < -0.3 is 14.8 Å². The summed E-state index contributed by atoms with van der Waals surface area (Å²) in [5, 5.41) is 0. The molecule has 0 saturated carbocycles. The lowest BCUT2D eigenvalue weighted by atomic mass is 10.1. The van der Waals surface area contributed by atoms with Crippen LogP contribution in [0.1, 0.15) is 36.5 Å². The van der Waals surface area contributed by atoms with Crippen molar-refractivity contribution in [3.05, 3.63) is 66.0 Å². The number of anilines is 1. The Morgan fingerprint density at radius 1 is 1.05 bits per heavy atom. The summed E-state index contributed by atoms with van der Waals surface area (Å²) in [5.74, 6) is 0.754. The van der Waals surface area contributed by atoms with Crippen molar-refractivity contribution in [1.29, 1.82) is 0 Å². The number of carbonyl (C=O) groups is 1. The summed E-state index contributed by atoms with van der Waals surface area (Å²) in [6.45, 7) is 3.64. The van der Waals surface area contributed by atoms with E-state index in [4.69, 9.17) is 4.98 Å². The van der Waals surface area contributed by atoms with Crippen LogP contribution in [0.4, 0.5) is 19.0 Å². The van der Waals surface area contributed by atoms with E-state index in [0.29, 0.717) is 19.5 Å². The molecular formula is C28H31F3N8O. The van der Waals surface area contributed by atoms with E-state index in [9.17, 15) is 18.0 Å². The molecule has 1 unspecified atom stereocenters. The predicted octanol–water partition coefficient (Wildman–Crippen LogP) is 4.23. The van der Waals surface area contributed by atoms with Crippen LogP contribution in [0.2, 0.25) is 0 Å². The number of rotatable bonds is 7. The number of carbonyl (C=O) groups excluding carboxylic acids is 1. The Hall–Kier alpha value is -4.06. The van der Waals surface area contributed by atoms with Gasteiger partial charge in [0, 0.05) is 76.3 Å². The number of hydrogen-bond donors (Lipinski definition) is 1. The smallest absolute Gasteiger partial charge is 0.363 e. The van der Waals surface area contributed by atoms with E-state index in [1.165, 1.54) is 4.90 Å². The SMILES string of the molecule is CC(c1ccnc(Cc2nc3ccc(-c4cc(N(C)C)ncn4)cc3[nH]2)c1)N1CCN(C(=O)CC(F)(F)F)CC1. The molecule has 0 aliphatic carbocycles. The Balaban J connectivity index is 1.25. The first kappa shape index (κ1) is 27.5. The highest BCUT2D eigenvalue weighted by molar-refractivity contribution is 5.81. The highest BCUT2D eigenvalue weighted by Crippen LogP contribution is 2.26. The van der Waals surface area contributed by atoms with Crippen LogP contribution in [0.5, 0.6) is 0 Å². The van der Waals surface area contributed by atoms with E-state index in [1.54, 1.807) is 12.5 Å². The summed E-state index contributed by atoms with van der Waals surface area (Å²) in [6, 6.07) is 11.9. The minimum absolute atomic E-state index is 0.0276. The van der Waals surface area contributed by atoms with Crippen LogP contribution in [0.3, 0.4) is 0 Å². The number of hydrogen-bond acceptors (Lipinski definition) is 7. The normalized spacial score (nSPS) is 15.4. The van der Waals surface area contributed by atoms with Crippen molar-refractivity contribution in [3.63, 3.8) is 0 Å². The molecule has 1 N–H and O–H groups in total. The van der Waals surface area contributed by atoms with Crippen molar-refractivity contribution in [3.8, 4) is 11.3 Å². The Bertz CT molecular complexity index is 1490. The maximum atomic E-state index is 12.6. The molecule has 4 heterocycles. The van der Waals surface area contributed by atoms with Crippen LogP contribution in [-0.4, -0.2) is 87.1 Å². The van der Waals surface area contributed by atoms with Gasteiger partial charge >= 0.3 is 6.18 Å². The van der Waals surface area contributed by atoms with Gasteiger partial charge in [-0.15, -0.1) is 0 Å². The molecular weight excluding hydrogens is 521 g/mol. The van der Waals surface area contributed by atoms with Gasteiger partial charge in [-0.3, -0.25) is 14.7 Å². The lowest BCUT2D eigenvalue weighted by molar-refractivity contribution is -0.162. The fourth-order valence-corrected chi connectivity index (χ4v) is 4.93. The van der Waals surface area contributed by atoms with Gasteiger partial charge in [0.25, 0.3) is 0 Å². The van der Waals surface area contributed by atoms with Gasteiger partial charge in [-0.2, -0.15) is 13.2 Å². The van der Waals surface area contributed by atoms with Gasteiger partial charge in [0.05, 0.1) is 16.7 Å². The van der Waals surface area contributed by atoms with Crippen molar-refractivity contribution in [2.24, 2.45) is 0 Å². The fourth-order valence-electron chi connectivity index (χ4n) is 4.93. The van der Waals surface area contributed by atoms with Gasteiger partial charge in [-0.25, -0.2) is 15.0 Å². The maximum Gasteiger partial charge on any atom is 0.397 e. The first-order valence-electron chi connectivity index (χ1n) is 13.1. The van der Waals surface area contributed by atoms with Crippen LogP contribution in [0.15, 0.2) is 48.9 Å². The van der Waals surface area contributed by atoms with Gasteiger partial charge in [0.15, 0.2) is 0 Å². The molecule has 1 aromatic carbocycles. The second-order valence-electron chi connectivity index (χ2n) is 10.2. The minimum atomic E-state index is -4.48. The summed E-state index contributed by atoms with van der Waals surface area (Å²) < 4.78 is 37.8. The number of nitrogens with one attached hydrogen (secondary N) is 1. The van der Waals surface area contributed by atoms with E-state index in [-0.39, 0.29) is 19.1 Å². The number of fused-ring (bicyclic) bond motifs is 1. The van der Waals surface area contributed by atoms with E-state index in [1.807, 2.05) is 55.4 Å². The average molecular weight is 553 g/mol. The highest BCUT2D eigenvalue weighted by Gasteiger charge is 2.35. The minimum Gasteiger partial charge on any atom is -0.363 e. The monoisotopic (exact) mass is 552 g/mol. The summed E-state index contributed by atoms with van der Waals surface area (Å²) in [5.41, 5.74) is 5.45. The first-order chi connectivity index (χ1) is 19.1. The molecule has 1 amide bonds. The molecule has 9 nitrogen and oxygen atoms in total. The molecule has 1 fully saturated rings. The topological polar surface area (TPSA) is 94.1 Å². The van der Waals surface area contributed by atoms with Crippen LogP contribution >= 0.6 is 0 Å². The Morgan fingerprint density at radius 2 is 1.82 bits per heavy atom. The Labute approximate surface area is 230 Å². The lowest BCUT2D eigenvalue weighted by Gasteiger charge is -2.38. The molecule has 1 atom stereocenters. The van der Waals surface area contributed by atoms with Crippen LogP contribution in [0, 0.1) is 0 Å². The number of alkyl halides is 3. The van der Waals surface area contributed by atoms with E-state index in [2.05, 4.69) is 31.8 Å². The number of benzene rings is 1. The van der Waals surface area contributed by atoms with Gasteiger partial charge in [0.1, 0.15) is 24.4 Å². The van der Waals surface area contributed by atoms with E-state index >= 15 is 0 Å². The molecule has 5 rings (SSSR count). The average Bonchev–Trinajstić information content (AvgIpc) is 3.33. The van der Waals surface area contributed by atoms with Gasteiger partial charge in [-0.05, 0) is 36.8 Å². The maximum absolute atomic E-state index is 12.6. The molecule has 12 heteroatoms. The first-order valence-corrected chi connectivity index (χ1v) is 13.1. The van der Waals surface area contributed by atoms with Gasteiger partial charge in [0.2, 0.25) is 5.91 Å². The van der Waals surface area contributed by atoms with Crippen molar-refractivity contribution in [2.45, 2.75) is 32.0 Å². The quantitative estimate of drug-likeness (QED) is 0.367. The van der Waals surface area contributed by atoms with Crippen LogP contribution in [0.25, 0.3) is 22.3 Å². The second-order valence-corrected chi connectivity index (χ2v) is 10.2. The zero-order valence-corrected chi connectivity index (χ0v) is 22.6. The van der Waals surface area contributed by atoms with Crippen molar-refractivity contribution < 1.29 is 18.0 Å². The molecule has 3 aromatic heterocycles. The zero-order valence-electron chi connectivity index (χ0n) is 22.6. The summed E-state index contributed by atoms with van der Waals surface area (Å²) in [6.07, 6.45) is -2.05. The number of imidazole rings is 1.